The number of carbonyl (C=O) groups is 1. The van der Waals surface area contributed by atoms with Crippen LogP contribution < -0.4 is 10.6 Å². The monoisotopic (exact) mass is 339 g/mol. The molecule has 4 rings (SSSR count). The molecule has 1 aromatic carbocycles. The summed E-state index contributed by atoms with van der Waals surface area (Å²) in [6.07, 6.45) is 6.39. The van der Waals surface area contributed by atoms with Gasteiger partial charge in [-0.3, -0.25) is 0 Å². The van der Waals surface area contributed by atoms with Gasteiger partial charge < -0.3 is 20.0 Å². The molecule has 5 nitrogen and oxygen atoms in total. The van der Waals surface area contributed by atoms with E-state index in [9.17, 15) is 4.79 Å². The molecule has 5 heteroatoms. The molecule has 2 fully saturated rings. The molecule has 2 aliphatic rings. The van der Waals surface area contributed by atoms with Gasteiger partial charge in [-0.1, -0.05) is 30.3 Å². The number of rotatable bonds is 5. The van der Waals surface area contributed by atoms with Crippen molar-refractivity contribution in [1.29, 1.82) is 0 Å². The average molecular weight is 339 g/mol. The molecule has 0 unspecified atom stereocenters. The Balaban J connectivity index is 1.36. The number of nitrogens with zero attached hydrogens (tertiary/aromatic N) is 1. The topological polar surface area (TPSA) is 57.5 Å². The Bertz CT molecular complexity index is 674. The number of hydrogen-bond acceptors (Lipinski definition) is 3. The van der Waals surface area contributed by atoms with Gasteiger partial charge in [0.15, 0.2) is 0 Å². The molecule has 2 amide bonds. The second-order valence-electron chi connectivity index (χ2n) is 7.02. The van der Waals surface area contributed by atoms with Gasteiger partial charge in [-0.2, -0.15) is 0 Å². The highest BCUT2D eigenvalue weighted by Crippen LogP contribution is 2.29. The molecule has 1 atom stereocenters. The highest BCUT2D eigenvalue weighted by Gasteiger charge is 2.32. The Morgan fingerprint density at radius 2 is 1.80 bits per heavy atom. The highest BCUT2D eigenvalue weighted by molar-refractivity contribution is 5.75. The summed E-state index contributed by atoms with van der Waals surface area (Å²) in [5, 5.41) is 6.21. The lowest BCUT2D eigenvalue weighted by atomic mass is 10.0. The maximum absolute atomic E-state index is 12.5. The van der Waals surface area contributed by atoms with Crippen molar-refractivity contribution >= 4 is 6.03 Å². The standard InChI is InChI=1S/C20H25N3O2/c24-20(21-16-10-12-23(13-11-16)17-8-9-17)22-19(18-7-4-14-25-18)15-5-2-1-3-6-15/h1-7,14,16-17,19H,8-13H2,(H2,21,22,24)/t19-/m1/s1. The second-order valence-corrected chi connectivity index (χ2v) is 7.02. The van der Waals surface area contributed by atoms with E-state index in [1.54, 1.807) is 6.26 Å². The SMILES string of the molecule is O=C(NC1CCN(C2CC2)CC1)N[C@H](c1ccccc1)c1ccco1. The zero-order valence-electron chi connectivity index (χ0n) is 14.4. The third-order valence-corrected chi connectivity index (χ3v) is 5.16. The van der Waals surface area contributed by atoms with E-state index in [0.29, 0.717) is 0 Å². The van der Waals surface area contributed by atoms with E-state index in [4.69, 9.17) is 4.42 Å². The molecule has 0 radical (unpaired) electrons. The van der Waals surface area contributed by atoms with E-state index in [2.05, 4.69) is 15.5 Å². The molecular formula is C20H25N3O2. The lowest BCUT2D eigenvalue weighted by Gasteiger charge is -2.32. The summed E-state index contributed by atoms with van der Waals surface area (Å²) in [7, 11) is 0. The molecule has 0 bridgehead atoms. The van der Waals surface area contributed by atoms with Crippen molar-refractivity contribution in [3.05, 3.63) is 60.1 Å². The van der Waals surface area contributed by atoms with Gasteiger partial charge in [0, 0.05) is 25.2 Å². The lowest BCUT2D eigenvalue weighted by molar-refractivity contribution is 0.185. The number of urea groups is 1. The van der Waals surface area contributed by atoms with E-state index in [1.807, 2.05) is 42.5 Å². The van der Waals surface area contributed by atoms with Crippen molar-refractivity contribution in [2.45, 2.75) is 43.8 Å². The van der Waals surface area contributed by atoms with Crippen molar-refractivity contribution in [2.75, 3.05) is 13.1 Å². The zero-order chi connectivity index (χ0) is 17.1. The first-order chi connectivity index (χ1) is 12.3. The quantitative estimate of drug-likeness (QED) is 0.879. The molecule has 25 heavy (non-hydrogen) atoms. The molecule has 1 saturated carbocycles. The number of nitrogens with one attached hydrogen (secondary N) is 2. The number of carbonyl (C=O) groups excluding carboxylic acids is 1. The molecule has 0 spiro atoms. The van der Waals surface area contributed by atoms with Crippen molar-refractivity contribution in [3.8, 4) is 0 Å². The van der Waals surface area contributed by atoms with Gasteiger partial charge in [-0.05, 0) is 43.4 Å². The molecule has 1 aliphatic carbocycles. The van der Waals surface area contributed by atoms with E-state index in [0.717, 1.165) is 43.3 Å². The van der Waals surface area contributed by atoms with E-state index < -0.39 is 0 Å². The average Bonchev–Trinajstić information content (AvgIpc) is 3.36. The van der Waals surface area contributed by atoms with Crippen LogP contribution in [0.3, 0.4) is 0 Å². The van der Waals surface area contributed by atoms with Crippen molar-refractivity contribution in [1.82, 2.24) is 15.5 Å². The van der Waals surface area contributed by atoms with Crippen LogP contribution in [0.25, 0.3) is 0 Å². The number of benzene rings is 1. The van der Waals surface area contributed by atoms with Crippen molar-refractivity contribution in [3.63, 3.8) is 0 Å². The van der Waals surface area contributed by atoms with E-state index in [1.165, 1.54) is 12.8 Å². The van der Waals surface area contributed by atoms with E-state index >= 15 is 0 Å². The predicted molar refractivity (Wildman–Crippen MR) is 96.3 cm³/mol. The summed E-state index contributed by atoms with van der Waals surface area (Å²) in [5.41, 5.74) is 1.01. The minimum atomic E-state index is -0.275. The summed E-state index contributed by atoms with van der Waals surface area (Å²) in [5.74, 6) is 0.741. The fourth-order valence-electron chi connectivity index (χ4n) is 3.63. The van der Waals surface area contributed by atoms with Gasteiger partial charge in [0.25, 0.3) is 0 Å². The fraction of sp³-hybridized carbons (Fsp3) is 0.450. The van der Waals surface area contributed by atoms with Crippen LogP contribution in [0.2, 0.25) is 0 Å². The minimum Gasteiger partial charge on any atom is -0.467 e. The smallest absolute Gasteiger partial charge is 0.315 e. The Kier molecular flexibility index (Phi) is 4.74. The third kappa shape index (κ3) is 4.04. The molecule has 132 valence electrons. The Hall–Kier alpha value is -2.27. The van der Waals surface area contributed by atoms with Gasteiger partial charge in [0.1, 0.15) is 11.8 Å². The van der Waals surface area contributed by atoms with Crippen LogP contribution in [0.15, 0.2) is 53.1 Å². The van der Waals surface area contributed by atoms with Gasteiger partial charge >= 0.3 is 6.03 Å². The molecular weight excluding hydrogens is 314 g/mol. The first-order valence-electron chi connectivity index (χ1n) is 9.19. The largest absolute Gasteiger partial charge is 0.467 e. The van der Waals surface area contributed by atoms with Crippen LogP contribution in [0, 0.1) is 0 Å². The number of furan rings is 1. The number of likely N-dealkylation sites (tertiary alicyclic amines) is 1. The van der Waals surface area contributed by atoms with Gasteiger partial charge in [-0.25, -0.2) is 4.79 Å². The minimum absolute atomic E-state index is 0.130. The van der Waals surface area contributed by atoms with Gasteiger partial charge in [0.05, 0.1) is 6.26 Å². The summed E-state index contributed by atoms with van der Waals surface area (Å²) in [4.78, 5) is 15.1. The molecule has 2 heterocycles. The number of hydrogen-bond donors (Lipinski definition) is 2. The number of amides is 2. The van der Waals surface area contributed by atoms with E-state index in [-0.39, 0.29) is 18.1 Å². The molecule has 1 saturated heterocycles. The second kappa shape index (κ2) is 7.31. The summed E-state index contributed by atoms with van der Waals surface area (Å²) >= 11 is 0. The molecule has 1 aromatic heterocycles. The predicted octanol–water partition coefficient (Wildman–Crippen LogP) is 3.30. The maximum atomic E-state index is 12.5. The Morgan fingerprint density at radius 1 is 1.04 bits per heavy atom. The normalized spacial score (nSPS) is 20.2. The van der Waals surface area contributed by atoms with Gasteiger partial charge in [0.2, 0.25) is 0 Å². The third-order valence-electron chi connectivity index (χ3n) is 5.16. The van der Waals surface area contributed by atoms with Gasteiger partial charge in [-0.15, -0.1) is 0 Å². The Labute approximate surface area is 148 Å². The Morgan fingerprint density at radius 3 is 2.44 bits per heavy atom. The lowest BCUT2D eigenvalue weighted by Crippen LogP contribution is -2.49. The van der Waals surface area contributed by atoms with Crippen molar-refractivity contribution < 1.29 is 9.21 Å². The first kappa shape index (κ1) is 16.2. The first-order valence-corrected chi connectivity index (χ1v) is 9.19. The fourth-order valence-corrected chi connectivity index (χ4v) is 3.63. The molecule has 2 N–H and O–H groups in total. The van der Waals surface area contributed by atoms with Crippen LogP contribution in [-0.2, 0) is 0 Å². The number of piperidine rings is 1. The van der Waals surface area contributed by atoms with Crippen LogP contribution in [0.4, 0.5) is 4.79 Å². The van der Waals surface area contributed by atoms with Crippen LogP contribution in [0.5, 0.6) is 0 Å². The summed E-state index contributed by atoms with van der Waals surface area (Å²) in [6, 6.07) is 14.3. The van der Waals surface area contributed by atoms with Crippen molar-refractivity contribution in [2.24, 2.45) is 0 Å². The summed E-state index contributed by atoms with van der Waals surface area (Å²) < 4.78 is 5.54. The van der Waals surface area contributed by atoms with Crippen LogP contribution >= 0.6 is 0 Å². The van der Waals surface area contributed by atoms with Crippen LogP contribution in [0.1, 0.15) is 43.0 Å². The molecule has 1 aliphatic heterocycles. The molecule has 2 aromatic rings. The highest BCUT2D eigenvalue weighted by atomic mass is 16.3. The maximum Gasteiger partial charge on any atom is 0.315 e. The summed E-state index contributed by atoms with van der Waals surface area (Å²) in [6.45, 7) is 2.19. The van der Waals surface area contributed by atoms with Crippen LogP contribution in [-0.4, -0.2) is 36.1 Å². The zero-order valence-corrected chi connectivity index (χ0v) is 14.4.